The SMILES string of the molecule is N/C(=C(\C=C/CI)c1cccc(C2=c3ccccc3=C(C3=c4ccccc4=C(c4ccccc4)CC3)C3C=CC=CC23)c1)c1cccc2ccccc12. The molecule has 9 rings (SSSR count). The molecule has 0 fully saturated rings. The van der Waals surface area contributed by atoms with Crippen molar-refractivity contribution < 1.29 is 0 Å². The van der Waals surface area contributed by atoms with Crippen LogP contribution in [-0.4, -0.2) is 4.43 Å². The van der Waals surface area contributed by atoms with Crippen LogP contribution in [0.15, 0.2) is 182 Å². The van der Waals surface area contributed by atoms with E-state index in [-0.39, 0.29) is 11.8 Å². The van der Waals surface area contributed by atoms with E-state index in [1.807, 2.05) is 0 Å². The molecular formula is C51H40IN. The molecule has 53 heavy (non-hydrogen) atoms. The number of benzene rings is 6. The van der Waals surface area contributed by atoms with Crippen LogP contribution in [-0.2, 0) is 0 Å². The van der Waals surface area contributed by atoms with Gasteiger partial charge < -0.3 is 5.73 Å². The van der Waals surface area contributed by atoms with Gasteiger partial charge in [-0.2, -0.15) is 0 Å². The first-order valence-electron chi connectivity index (χ1n) is 18.6. The Labute approximate surface area is 325 Å². The van der Waals surface area contributed by atoms with Crippen LogP contribution in [0.25, 0.3) is 44.3 Å². The van der Waals surface area contributed by atoms with E-state index in [0.717, 1.165) is 39.7 Å². The molecule has 0 bridgehead atoms. The van der Waals surface area contributed by atoms with Crippen molar-refractivity contribution in [3.05, 3.63) is 225 Å². The molecule has 0 amide bonds. The highest BCUT2D eigenvalue weighted by molar-refractivity contribution is 14.1. The van der Waals surface area contributed by atoms with Crippen molar-refractivity contribution >= 4 is 66.9 Å². The third-order valence-corrected chi connectivity index (χ3v) is 11.7. The second-order valence-electron chi connectivity index (χ2n) is 14.1. The van der Waals surface area contributed by atoms with Crippen molar-refractivity contribution in [1.29, 1.82) is 0 Å². The lowest BCUT2D eigenvalue weighted by atomic mass is 9.68. The first-order chi connectivity index (χ1) is 26.2. The maximum absolute atomic E-state index is 7.17. The summed E-state index contributed by atoms with van der Waals surface area (Å²) in [6, 6.07) is 53.1. The predicted molar refractivity (Wildman–Crippen MR) is 234 cm³/mol. The van der Waals surface area contributed by atoms with E-state index in [2.05, 4.69) is 205 Å². The van der Waals surface area contributed by atoms with Crippen molar-refractivity contribution in [2.45, 2.75) is 12.8 Å². The standard InChI is InChI=1S/C51H40IN/c52-32-14-29-40(51(53)48-28-13-18-35-17-4-5-21-38(35)48)36-19-12-20-37(33-36)49-43-24-8-10-26-45(43)50(46-27-11-9-25-44(46)49)47-31-30-39(34-15-2-1-3-16-34)41-22-6-7-23-42(41)47/h1-29,33,43,45H,30-32,53H2/b29-14-,51-40+. The monoisotopic (exact) mass is 793 g/mol. The van der Waals surface area contributed by atoms with Crippen molar-refractivity contribution in [2.24, 2.45) is 17.6 Å². The Morgan fingerprint density at radius 2 is 1.17 bits per heavy atom. The summed E-state index contributed by atoms with van der Waals surface area (Å²) in [5.74, 6) is 0.427. The Morgan fingerprint density at radius 1 is 0.585 bits per heavy atom. The van der Waals surface area contributed by atoms with Gasteiger partial charge in [-0.15, -0.1) is 0 Å². The molecule has 0 radical (unpaired) electrons. The van der Waals surface area contributed by atoms with Gasteiger partial charge in [0.15, 0.2) is 0 Å². The average Bonchev–Trinajstić information content (AvgIpc) is 3.22. The largest absolute Gasteiger partial charge is 0.398 e. The molecule has 3 aliphatic carbocycles. The van der Waals surface area contributed by atoms with E-state index in [1.165, 1.54) is 65.1 Å². The molecule has 0 saturated heterocycles. The molecule has 0 aliphatic heterocycles. The van der Waals surface area contributed by atoms with E-state index in [9.17, 15) is 0 Å². The molecule has 6 aromatic carbocycles. The van der Waals surface area contributed by atoms with E-state index in [4.69, 9.17) is 5.73 Å². The minimum Gasteiger partial charge on any atom is -0.398 e. The number of allylic oxidation sites excluding steroid dienone is 7. The van der Waals surface area contributed by atoms with Gasteiger partial charge in [0.1, 0.15) is 0 Å². The first-order valence-corrected chi connectivity index (χ1v) is 20.1. The summed E-state index contributed by atoms with van der Waals surface area (Å²) in [4.78, 5) is 0. The fourth-order valence-electron chi connectivity index (χ4n) is 8.89. The van der Waals surface area contributed by atoms with Gasteiger partial charge in [-0.05, 0) is 89.5 Å². The Hall–Kier alpha value is -5.45. The molecule has 2 N–H and O–H groups in total. The van der Waals surface area contributed by atoms with E-state index in [0.29, 0.717) is 0 Å². The van der Waals surface area contributed by atoms with Gasteiger partial charge >= 0.3 is 0 Å². The van der Waals surface area contributed by atoms with E-state index >= 15 is 0 Å². The average molecular weight is 794 g/mol. The van der Waals surface area contributed by atoms with Gasteiger partial charge in [0.2, 0.25) is 0 Å². The van der Waals surface area contributed by atoms with Crippen LogP contribution in [0.3, 0.4) is 0 Å². The van der Waals surface area contributed by atoms with Crippen LogP contribution >= 0.6 is 22.6 Å². The molecule has 0 spiro atoms. The highest BCUT2D eigenvalue weighted by Crippen LogP contribution is 2.43. The molecule has 1 nitrogen and oxygen atoms in total. The summed E-state index contributed by atoms with van der Waals surface area (Å²) in [5.41, 5.74) is 19.5. The molecule has 0 saturated carbocycles. The predicted octanol–water partition coefficient (Wildman–Crippen LogP) is 9.22. The Morgan fingerprint density at radius 3 is 1.94 bits per heavy atom. The molecule has 2 unspecified atom stereocenters. The van der Waals surface area contributed by atoms with Crippen LogP contribution < -0.4 is 26.6 Å². The summed E-state index contributed by atoms with van der Waals surface area (Å²) in [6.07, 6.45) is 15.8. The lowest BCUT2D eigenvalue weighted by molar-refractivity contribution is 0.688. The smallest absolute Gasteiger partial charge is 0.0473 e. The lowest BCUT2D eigenvalue weighted by Gasteiger charge is -2.35. The van der Waals surface area contributed by atoms with E-state index in [1.54, 1.807) is 0 Å². The van der Waals surface area contributed by atoms with E-state index < -0.39 is 0 Å². The zero-order chi connectivity index (χ0) is 35.7. The number of nitrogens with two attached hydrogens (primary N) is 1. The van der Waals surface area contributed by atoms with Gasteiger partial charge in [0, 0.05) is 33.1 Å². The summed E-state index contributed by atoms with van der Waals surface area (Å²) in [7, 11) is 0. The van der Waals surface area contributed by atoms with Crippen molar-refractivity contribution in [3.8, 4) is 0 Å². The summed E-state index contributed by atoms with van der Waals surface area (Å²) >= 11 is 2.41. The number of fused-ring (bicyclic) bond motifs is 4. The molecule has 0 aromatic heterocycles. The molecule has 256 valence electrons. The Kier molecular flexibility index (Phi) is 9.15. The zero-order valence-electron chi connectivity index (χ0n) is 29.6. The minimum absolute atomic E-state index is 0.201. The second-order valence-corrected chi connectivity index (χ2v) is 14.9. The third-order valence-electron chi connectivity index (χ3n) is 11.2. The van der Waals surface area contributed by atoms with Crippen LogP contribution in [0.4, 0.5) is 0 Å². The normalized spacial score (nSPS) is 18.2. The molecule has 6 aromatic rings. The molecular weight excluding hydrogens is 753 g/mol. The number of alkyl halides is 1. The van der Waals surface area contributed by atoms with Gasteiger partial charge in [-0.25, -0.2) is 0 Å². The number of hydrogen-bond donors (Lipinski definition) is 1. The third kappa shape index (κ3) is 6.05. The second kappa shape index (κ2) is 14.5. The summed E-state index contributed by atoms with van der Waals surface area (Å²) in [5, 5.41) is 7.75. The highest BCUT2D eigenvalue weighted by Gasteiger charge is 2.33. The van der Waals surface area contributed by atoms with Gasteiger partial charge in [-0.3, -0.25) is 0 Å². The first kappa shape index (κ1) is 33.4. The number of rotatable bonds is 7. The van der Waals surface area contributed by atoms with Crippen molar-refractivity contribution in [1.82, 2.24) is 0 Å². The van der Waals surface area contributed by atoms with Crippen molar-refractivity contribution in [2.75, 3.05) is 4.43 Å². The van der Waals surface area contributed by atoms with Crippen molar-refractivity contribution in [3.63, 3.8) is 0 Å². The summed E-state index contributed by atoms with van der Waals surface area (Å²) in [6.45, 7) is 0. The van der Waals surface area contributed by atoms with Crippen LogP contribution in [0.2, 0.25) is 0 Å². The number of halogens is 1. The minimum atomic E-state index is 0.201. The summed E-state index contributed by atoms with van der Waals surface area (Å²) < 4.78 is 0.903. The molecule has 2 atom stereocenters. The van der Waals surface area contributed by atoms with Gasteiger partial charge in [-0.1, -0.05) is 199 Å². The topological polar surface area (TPSA) is 26.0 Å². The lowest BCUT2D eigenvalue weighted by Crippen LogP contribution is -2.42. The molecule has 2 heteroatoms. The molecule has 0 heterocycles. The highest BCUT2D eigenvalue weighted by atomic mass is 127. The van der Waals surface area contributed by atoms with Gasteiger partial charge in [0.05, 0.1) is 0 Å². The maximum atomic E-state index is 7.17. The fraction of sp³-hybridized carbons (Fsp3) is 0.0980. The number of hydrogen-bond acceptors (Lipinski definition) is 1. The Balaban J connectivity index is 1.30. The maximum Gasteiger partial charge on any atom is 0.0473 e. The van der Waals surface area contributed by atoms with Gasteiger partial charge in [0.25, 0.3) is 0 Å². The fourth-order valence-corrected chi connectivity index (χ4v) is 9.15. The van der Waals surface area contributed by atoms with Crippen LogP contribution in [0, 0.1) is 11.8 Å². The zero-order valence-corrected chi connectivity index (χ0v) is 31.7. The van der Waals surface area contributed by atoms with Crippen LogP contribution in [0.5, 0.6) is 0 Å². The van der Waals surface area contributed by atoms with Crippen LogP contribution in [0.1, 0.15) is 35.1 Å². The Bertz CT molecular complexity index is 2770. The quantitative estimate of drug-likeness (QED) is 0.0743. The molecule has 3 aliphatic rings.